The van der Waals surface area contributed by atoms with Gasteiger partial charge in [0.05, 0.1) is 6.10 Å². The second kappa shape index (κ2) is 6.17. The van der Waals surface area contributed by atoms with E-state index in [1.165, 1.54) is 32.1 Å². The van der Waals surface area contributed by atoms with Gasteiger partial charge < -0.3 is 14.7 Å². The van der Waals surface area contributed by atoms with E-state index in [-0.39, 0.29) is 5.41 Å². The molecule has 0 spiro atoms. The average Bonchev–Trinajstić information content (AvgIpc) is 2.55. The molecular weight excluding hydrogens is 214 g/mol. The molecule has 1 saturated carbocycles. The van der Waals surface area contributed by atoms with Crippen molar-refractivity contribution in [1.29, 1.82) is 0 Å². The van der Waals surface area contributed by atoms with Crippen LogP contribution < -0.4 is 0 Å². The van der Waals surface area contributed by atoms with E-state index in [2.05, 4.69) is 11.8 Å². The summed E-state index contributed by atoms with van der Waals surface area (Å²) in [5.74, 6) is 0. The highest BCUT2D eigenvalue weighted by Crippen LogP contribution is 2.36. The Balaban J connectivity index is 1.92. The van der Waals surface area contributed by atoms with Crippen molar-refractivity contribution in [2.75, 3.05) is 32.8 Å². The average molecular weight is 241 g/mol. The van der Waals surface area contributed by atoms with Crippen molar-refractivity contribution in [3.63, 3.8) is 0 Å². The molecular formula is C14H27NO2. The highest BCUT2D eigenvalue weighted by Gasteiger charge is 2.33. The van der Waals surface area contributed by atoms with Gasteiger partial charge in [-0.2, -0.15) is 0 Å². The normalized spacial score (nSPS) is 31.1. The van der Waals surface area contributed by atoms with E-state index in [1.807, 2.05) is 0 Å². The zero-order valence-electron chi connectivity index (χ0n) is 11.2. The predicted molar refractivity (Wildman–Crippen MR) is 69.1 cm³/mol. The molecule has 1 atom stereocenters. The summed E-state index contributed by atoms with van der Waals surface area (Å²) in [5, 5.41) is 9.75. The van der Waals surface area contributed by atoms with Crippen LogP contribution in [0.25, 0.3) is 0 Å². The minimum atomic E-state index is 0.183. The summed E-state index contributed by atoms with van der Waals surface area (Å²) in [6.07, 6.45) is 7.82. The zero-order chi connectivity index (χ0) is 12.1. The SMILES string of the molecule is CC1CN(CC2(CO)CCCCC2)CCCO1. The number of hydrogen-bond acceptors (Lipinski definition) is 3. The molecule has 100 valence electrons. The van der Waals surface area contributed by atoms with Gasteiger partial charge in [-0.3, -0.25) is 0 Å². The first kappa shape index (κ1) is 13.3. The molecule has 1 aliphatic heterocycles. The van der Waals surface area contributed by atoms with Gasteiger partial charge in [-0.15, -0.1) is 0 Å². The second-order valence-corrected chi connectivity index (χ2v) is 5.99. The van der Waals surface area contributed by atoms with Crippen molar-refractivity contribution in [2.45, 2.75) is 51.6 Å². The lowest BCUT2D eigenvalue weighted by Gasteiger charge is -2.40. The molecule has 2 aliphatic rings. The molecule has 2 rings (SSSR count). The summed E-state index contributed by atoms with van der Waals surface area (Å²) in [4.78, 5) is 2.51. The molecule has 0 aromatic heterocycles. The van der Waals surface area contributed by atoms with Crippen LogP contribution in [-0.4, -0.2) is 49.0 Å². The third kappa shape index (κ3) is 3.67. The van der Waals surface area contributed by atoms with Crippen LogP contribution in [0.4, 0.5) is 0 Å². The van der Waals surface area contributed by atoms with Gasteiger partial charge in [0.1, 0.15) is 0 Å². The first-order valence-electron chi connectivity index (χ1n) is 7.19. The summed E-state index contributed by atoms with van der Waals surface area (Å²) >= 11 is 0. The van der Waals surface area contributed by atoms with Crippen molar-refractivity contribution in [2.24, 2.45) is 5.41 Å². The molecule has 3 nitrogen and oxygen atoms in total. The van der Waals surface area contributed by atoms with E-state index < -0.39 is 0 Å². The number of aliphatic hydroxyl groups is 1. The summed E-state index contributed by atoms with van der Waals surface area (Å²) in [6.45, 7) is 6.64. The van der Waals surface area contributed by atoms with Crippen LogP contribution in [0.3, 0.4) is 0 Å². The fourth-order valence-electron chi connectivity index (χ4n) is 3.37. The quantitative estimate of drug-likeness (QED) is 0.821. The van der Waals surface area contributed by atoms with Gasteiger partial charge in [0.25, 0.3) is 0 Å². The molecule has 0 aromatic rings. The molecule has 2 fully saturated rings. The molecule has 0 bridgehead atoms. The predicted octanol–water partition coefficient (Wildman–Crippen LogP) is 2.04. The summed E-state index contributed by atoms with van der Waals surface area (Å²) in [7, 11) is 0. The van der Waals surface area contributed by atoms with Crippen molar-refractivity contribution in [3.05, 3.63) is 0 Å². The summed E-state index contributed by atoms with van der Waals surface area (Å²) in [5.41, 5.74) is 0.183. The standard InChI is InChI=1S/C14H27NO2/c1-13-10-15(8-5-9-17-13)11-14(12-16)6-3-2-4-7-14/h13,16H,2-12H2,1H3. The van der Waals surface area contributed by atoms with Crippen LogP contribution in [0.2, 0.25) is 0 Å². The number of nitrogens with zero attached hydrogens (tertiary/aromatic N) is 1. The lowest BCUT2D eigenvalue weighted by atomic mass is 9.74. The molecule has 1 unspecified atom stereocenters. The van der Waals surface area contributed by atoms with Crippen LogP contribution >= 0.6 is 0 Å². The Morgan fingerprint density at radius 3 is 2.71 bits per heavy atom. The second-order valence-electron chi connectivity index (χ2n) is 5.99. The summed E-state index contributed by atoms with van der Waals surface area (Å²) < 4.78 is 5.68. The van der Waals surface area contributed by atoms with E-state index in [4.69, 9.17) is 4.74 Å². The Bertz CT molecular complexity index is 226. The lowest BCUT2D eigenvalue weighted by Crippen LogP contribution is -2.43. The van der Waals surface area contributed by atoms with Crippen LogP contribution in [0.15, 0.2) is 0 Å². The fraction of sp³-hybridized carbons (Fsp3) is 1.00. The van der Waals surface area contributed by atoms with E-state index in [0.717, 1.165) is 32.7 Å². The minimum Gasteiger partial charge on any atom is -0.396 e. The van der Waals surface area contributed by atoms with Crippen LogP contribution in [0.5, 0.6) is 0 Å². The van der Waals surface area contributed by atoms with Gasteiger partial charge in [-0.05, 0) is 26.2 Å². The first-order valence-corrected chi connectivity index (χ1v) is 7.19. The third-order valence-corrected chi connectivity index (χ3v) is 4.34. The Morgan fingerprint density at radius 1 is 1.24 bits per heavy atom. The van der Waals surface area contributed by atoms with Gasteiger partial charge in [0, 0.05) is 38.3 Å². The van der Waals surface area contributed by atoms with Gasteiger partial charge in [0.2, 0.25) is 0 Å². The molecule has 0 amide bonds. The molecule has 1 N–H and O–H groups in total. The van der Waals surface area contributed by atoms with Crippen LogP contribution in [0, 0.1) is 5.41 Å². The molecule has 1 saturated heterocycles. The van der Waals surface area contributed by atoms with Crippen molar-refractivity contribution >= 4 is 0 Å². The number of ether oxygens (including phenoxy) is 1. The molecule has 1 heterocycles. The Morgan fingerprint density at radius 2 is 2.00 bits per heavy atom. The monoisotopic (exact) mass is 241 g/mol. The highest BCUT2D eigenvalue weighted by molar-refractivity contribution is 4.86. The third-order valence-electron chi connectivity index (χ3n) is 4.34. The van der Waals surface area contributed by atoms with Gasteiger partial charge in [-0.1, -0.05) is 19.3 Å². The van der Waals surface area contributed by atoms with Crippen LogP contribution in [-0.2, 0) is 4.74 Å². The Kier molecular flexibility index (Phi) is 4.83. The van der Waals surface area contributed by atoms with E-state index >= 15 is 0 Å². The van der Waals surface area contributed by atoms with Gasteiger partial charge in [0.15, 0.2) is 0 Å². The van der Waals surface area contributed by atoms with E-state index in [0.29, 0.717) is 12.7 Å². The largest absolute Gasteiger partial charge is 0.396 e. The maximum atomic E-state index is 9.75. The molecule has 3 heteroatoms. The number of rotatable bonds is 3. The van der Waals surface area contributed by atoms with Gasteiger partial charge in [-0.25, -0.2) is 0 Å². The number of hydrogen-bond donors (Lipinski definition) is 1. The minimum absolute atomic E-state index is 0.183. The van der Waals surface area contributed by atoms with E-state index in [1.54, 1.807) is 0 Å². The first-order chi connectivity index (χ1) is 8.24. The Labute approximate surface area is 105 Å². The highest BCUT2D eigenvalue weighted by atomic mass is 16.5. The van der Waals surface area contributed by atoms with Crippen molar-refractivity contribution < 1.29 is 9.84 Å². The molecule has 17 heavy (non-hydrogen) atoms. The smallest absolute Gasteiger partial charge is 0.0673 e. The maximum absolute atomic E-state index is 9.75. The fourth-order valence-corrected chi connectivity index (χ4v) is 3.37. The van der Waals surface area contributed by atoms with Crippen LogP contribution in [0.1, 0.15) is 45.4 Å². The Hall–Kier alpha value is -0.120. The van der Waals surface area contributed by atoms with Crippen molar-refractivity contribution in [1.82, 2.24) is 4.90 Å². The zero-order valence-corrected chi connectivity index (χ0v) is 11.2. The number of aliphatic hydroxyl groups excluding tert-OH is 1. The molecule has 1 aliphatic carbocycles. The van der Waals surface area contributed by atoms with Crippen molar-refractivity contribution in [3.8, 4) is 0 Å². The lowest BCUT2D eigenvalue weighted by molar-refractivity contribution is 0.0253. The maximum Gasteiger partial charge on any atom is 0.0673 e. The van der Waals surface area contributed by atoms with Gasteiger partial charge >= 0.3 is 0 Å². The topological polar surface area (TPSA) is 32.7 Å². The molecule has 0 aromatic carbocycles. The summed E-state index contributed by atoms with van der Waals surface area (Å²) in [6, 6.07) is 0. The molecule has 0 radical (unpaired) electrons. The van der Waals surface area contributed by atoms with E-state index in [9.17, 15) is 5.11 Å².